The van der Waals surface area contributed by atoms with Crippen molar-refractivity contribution in [1.82, 2.24) is 4.57 Å². The number of pyridine rings is 1. The summed E-state index contributed by atoms with van der Waals surface area (Å²) in [5.74, 6) is 0.00342. The van der Waals surface area contributed by atoms with Gasteiger partial charge >= 0.3 is 5.97 Å². The molecule has 1 heterocycles. The van der Waals surface area contributed by atoms with Crippen LogP contribution in [0.15, 0.2) is 108 Å². The summed E-state index contributed by atoms with van der Waals surface area (Å²) >= 11 is 0. The zero-order valence-electron chi connectivity index (χ0n) is 19.2. The Balaban J connectivity index is 1.44. The number of aliphatic carboxylic acids is 1. The van der Waals surface area contributed by atoms with Gasteiger partial charge in [-0.15, -0.1) is 0 Å². The Morgan fingerprint density at radius 2 is 1.40 bits per heavy atom. The summed E-state index contributed by atoms with van der Waals surface area (Å²) in [6.45, 7) is 0.508. The van der Waals surface area contributed by atoms with E-state index in [1.165, 1.54) is 0 Å². The predicted molar refractivity (Wildman–Crippen MR) is 134 cm³/mol. The van der Waals surface area contributed by atoms with Gasteiger partial charge in [0.25, 0.3) is 5.56 Å². The Bertz CT molecular complexity index is 1260. The van der Waals surface area contributed by atoms with Gasteiger partial charge in [0.15, 0.2) is 6.61 Å². The number of nitrogens with zero attached hydrogens (tertiary/aromatic N) is 1. The minimum absolute atomic E-state index is 0.0223. The van der Waals surface area contributed by atoms with Gasteiger partial charge in [0.1, 0.15) is 11.5 Å². The Hall–Kier alpha value is -4.32. The van der Waals surface area contributed by atoms with Crippen LogP contribution in [-0.4, -0.2) is 28.9 Å². The molecule has 1 N–H and O–H groups in total. The normalized spacial score (nSPS) is 10.8. The number of carboxylic acids is 1. The highest BCUT2D eigenvalue weighted by Crippen LogP contribution is 2.31. The second-order valence-electron chi connectivity index (χ2n) is 8.11. The SMILES string of the molecule is O=C(O)COc1cccc(OCCCn2cc(C(c3ccccc3)c3ccccc3)ccc2=O)c1. The van der Waals surface area contributed by atoms with Crippen LogP contribution in [0.2, 0.25) is 0 Å². The maximum Gasteiger partial charge on any atom is 0.341 e. The highest BCUT2D eigenvalue weighted by atomic mass is 16.5. The number of carbonyl (C=O) groups is 1. The largest absolute Gasteiger partial charge is 0.493 e. The average Bonchev–Trinajstić information content (AvgIpc) is 2.89. The average molecular weight is 470 g/mol. The van der Waals surface area contributed by atoms with E-state index in [9.17, 15) is 9.59 Å². The van der Waals surface area contributed by atoms with Gasteiger partial charge in [-0.3, -0.25) is 4.79 Å². The molecule has 0 radical (unpaired) electrons. The molecule has 0 unspecified atom stereocenters. The standard InChI is InChI=1S/C29H27NO5/c31-27-16-15-24(29(22-9-3-1-4-10-22)23-11-5-2-6-12-23)20-30(27)17-8-18-34-25-13-7-14-26(19-25)35-21-28(32)33/h1-7,9-16,19-20,29H,8,17-18,21H2,(H,32,33). The lowest BCUT2D eigenvalue weighted by Crippen LogP contribution is -2.21. The highest BCUT2D eigenvalue weighted by Gasteiger charge is 2.17. The molecule has 0 amide bonds. The molecular formula is C29H27NO5. The summed E-state index contributed by atoms with van der Waals surface area (Å²) < 4.78 is 12.7. The fourth-order valence-corrected chi connectivity index (χ4v) is 3.99. The van der Waals surface area contributed by atoms with E-state index in [-0.39, 0.29) is 11.5 Å². The fourth-order valence-electron chi connectivity index (χ4n) is 3.99. The molecule has 6 heteroatoms. The number of benzene rings is 3. The molecule has 0 bridgehead atoms. The number of hydrogen-bond donors (Lipinski definition) is 1. The predicted octanol–water partition coefficient (Wildman–Crippen LogP) is 4.96. The summed E-state index contributed by atoms with van der Waals surface area (Å²) in [6.07, 6.45) is 2.57. The summed E-state index contributed by atoms with van der Waals surface area (Å²) in [4.78, 5) is 23.2. The van der Waals surface area contributed by atoms with E-state index in [1.807, 2.05) is 48.7 Å². The number of rotatable bonds is 11. The number of ether oxygens (including phenoxy) is 2. The van der Waals surface area contributed by atoms with Gasteiger partial charge in [-0.05, 0) is 35.2 Å². The Morgan fingerprint density at radius 3 is 2.03 bits per heavy atom. The van der Waals surface area contributed by atoms with Crippen molar-refractivity contribution in [2.24, 2.45) is 0 Å². The van der Waals surface area contributed by atoms with Crippen molar-refractivity contribution in [2.75, 3.05) is 13.2 Å². The minimum atomic E-state index is -1.04. The Labute approximate surface area is 204 Å². The van der Waals surface area contributed by atoms with Crippen molar-refractivity contribution < 1.29 is 19.4 Å². The van der Waals surface area contributed by atoms with Gasteiger partial charge in [0.05, 0.1) is 6.61 Å². The molecule has 0 atom stereocenters. The van der Waals surface area contributed by atoms with Crippen molar-refractivity contribution in [3.8, 4) is 11.5 Å². The molecule has 0 aliphatic carbocycles. The van der Waals surface area contributed by atoms with E-state index < -0.39 is 12.6 Å². The summed E-state index contributed by atoms with van der Waals surface area (Å²) in [5, 5.41) is 8.75. The van der Waals surface area contributed by atoms with E-state index in [1.54, 1.807) is 34.9 Å². The summed E-state index contributed by atoms with van der Waals surface area (Å²) in [7, 11) is 0. The molecule has 6 nitrogen and oxygen atoms in total. The van der Waals surface area contributed by atoms with Crippen LogP contribution in [0.4, 0.5) is 0 Å². The molecule has 0 saturated carbocycles. The molecule has 4 aromatic rings. The third kappa shape index (κ3) is 6.60. The molecule has 178 valence electrons. The van der Waals surface area contributed by atoms with Gasteiger partial charge in [0, 0.05) is 30.8 Å². The van der Waals surface area contributed by atoms with Crippen LogP contribution in [0.1, 0.15) is 29.0 Å². The molecule has 1 aromatic heterocycles. The first-order valence-electron chi connectivity index (χ1n) is 11.5. The first-order valence-corrected chi connectivity index (χ1v) is 11.5. The van der Waals surface area contributed by atoms with Crippen LogP contribution in [0.3, 0.4) is 0 Å². The Kier molecular flexibility index (Phi) is 7.96. The second kappa shape index (κ2) is 11.7. The monoisotopic (exact) mass is 469 g/mol. The first-order chi connectivity index (χ1) is 17.1. The first kappa shape index (κ1) is 23.8. The highest BCUT2D eigenvalue weighted by molar-refractivity contribution is 5.68. The molecule has 35 heavy (non-hydrogen) atoms. The maximum absolute atomic E-state index is 12.6. The van der Waals surface area contributed by atoms with Gasteiger partial charge in [-0.25, -0.2) is 4.79 Å². The van der Waals surface area contributed by atoms with Gasteiger partial charge in [0.2, 0.25) is 0 Å². The van der Waals surface area contributed by atoms with E-state index in [0.717, 1.165) is 16.7 Å². The lowest BCUT2D eigenvalue weighted by molar-refractivity contribution is -0.139. The van der Waals surface area contributed by atoms with Crippen LogP contribution < -0.4 is 15.0 Å². The fraction of sp³-hybridized carbons (Fsp3) is 0.172. The molecule has 0 spiro atoms. The second-order valence-corrected chi connectivity index (χ2v) is 8.11. The van der Waals surface area contributed by atoms with Crippen LogP contribution >= 0.6 is 0 Å². The quantitative estimate of drug-likeness (QED) is 0.314. The van der Waals surface area contributed by atoms with E-state index in [4.69, 9.17) is 14.6 Å². The minimum Gasteiger partial charge on any atom is -0.493 e. The van der Waals surface area contributed by atoms with Crippen LogP contribution in [0.25, 0.3) is 0 Å². The third-order valence-electron chi connectivity index (χ3n) is 5.59. The van der Waals surface area contributed by atoms with Crippen molar-refractivity contribution in [3.05, 3.63) is 130 Å². The zero-order valence-corrected chi connectivity index (χ0v) is 19.2. The van der Waals surface area contributed by atoms with E-state index in [0.29, 0.717) is 31.1 Å². The molecule has 3 aromatic carbocycles. The molecule has 0 fully saturated rings. The van der Waals surface area contributed by atoms with Crippen molar-refractivity contribution in [1.29, 1.82) is 0 Å². The van der Waals surface area contributed by atoms with Gasteiger partial charge < -0.3 is 19.1 Å². The summed E-state index contributed by atoms with van der Waals surface area (Å²) in [5.41, 5.74) is 3.32. The van der Waals surface area contributed by atoms with E-state index >= 15 is 0 Å². The molecule has 4 rings (SSSR count). The Morgan fingerprint density at radius 1 is 0.771 bits per heavy atom. The maximum atomic E-state index is 12.6. The number of carboxylic acid groups (broad SMARTS) is 1. The topological polar surface area (TPSA) is 77.8 Å². The number of aromatic nitrogens is 1. The number of hydrogen-bond acceptors (Lipinski definition) is 4. The lowest BCUT2D eigenvalue weighted by atomic mass is 9.86. The van der Waals surface area contributed by atoms with Crippen LogP contribution in [0.5, 0.6) is 11.5 Å². The van der Waals surface area contributed by atoms with Gasteiger partial charge in [-0.1, -0.05) is 72.8 Å². The van der Waals surface area contributed by atoms with Gasteiger partial charge in [-0.2, -0.15) is 0 Å². The van der Waals surface area contributed by atoms with Crippen molar-refractivity contribution in [2.45, 2.75) is 18.9 Å². The lowest BCUT2D eigenvalue weighted by Gasteiger charge is -2.20. The molecular weight excluding hydrogens is 442 g/mol. The molecule has 0 saturated heterocycles. The smallest absolute Gasteiger partial charge is 0.341 e. The van der Waals surface area contributed by atoms with E-state index in [2.05, 4.69) is 24.3 Å². The van der Waals surface area contributed by atoms with Crippen LogP contribution in [-0.2, 0) is 11.3 Å². The van der Waals surface area contributed by atoms with Crippen molar-refractivity contribution >= 4 is 5.97 Å². The summed E-state index contributed by atoms with van der Waals surface area (Å²) in [6, 6.07) is 30.9. The van der Waals surface area contributed by atoms with Crippen LogP contribution in [0, 0.1) is 0 Å². The third-order valence-corrected chi connectivity index (χ3v) is 5.59. The zero-order chi connectivity index (χ0) is 24.5. The van der Waals surface area contributed by atoms with Crippen molar-refractivity contribution in [3.63, 3.8) is 0 Å². The number of aryl methyl sites for hydroxylation is 1. The molecule has 0 aliphatic rings. The molecule has 0 aliphatic heterocycles.